The van der Waals surface area contributed by atoms with Gasteiger partial charge in [-0.2, -0.15) is 0 Å². The van der Waals surface area contributed by atoms with Crippen molar-refractivity contribution in [2.75, 3.05) is 13.1 Å². The van der Waals surface area contributed by atoms with Gasteiger partial charge < -0.3 is 20.9 Å². The van der Waals surface area contributed by atoms with Gasteiger partial charge in [0.15, 0.2) is 5.96 Å². The molecule has 4 N–H and O–H groups in total. The number of carbonyl (C=O) groups is 1. The minimum absolute atomic E-state index is 0.0144. The molecular weight excluding hydrogens is 474 g/mol. The molecule has 4 rings (SSSR count). The molecule has 1 saturated carbocycles. The van der Waals surface area contributed by atoms with Gasteiger partial charge in [-0.3, -0.25) is 9.79 Å². The van der Waals surface area contributed by atoms with Gasteiger partial charge in [0.2, 0.25) is 0 Å². The number of aryl methyl sites for hydroxylation is 3. The van der Waals surface area contributed by atoms with E-state index in [-0.39, 0.29) is 22.7 Å². The molecule has 208 valence electrons. The van der Waals surface area contributed by atoms with Crippen molar-refractivity contribution >= 4 is 11.9 Å². The summed E-state index contributed by atoms with van der Waals surface area (Å²) in [4.78, 5) is 20.3. The Bertz CT molecular complexity index is 1180. The lowest BCUT2D eigenvalue weighted by Gasteiger charge is -2.42. The van der Waals surface area contributed by atoms with Gasteiger partial charge in [-0.1, -0.05) is 45.0 Å². The van der Waals surface area contributed by atoms with E-state index in [1.54, 1.807) is 0 Å². The first-order valence-electron chi connectivity index (χ1n) is 14.2. The molecular formula is C31H47N5O2. The number of fused-ring (bicyclic) bond motifs is 1. The van der Waals surface area contributed by atoms with Crippen molar-refractivity contribution in [3.05, 3.63) is 51.4 Å². The van der Waals surface area contributed by atoms with Gasteiger partial charge in [0, 0.05) is 19.6 Å². The third kappa shape index (κ3) is 5.92. The number of carbonyl (C=O) groups excluding carboxylic acids is 1. The Balaban J connectivity index is 1.61. The van der Waals surface area contributed by atoms with E-state index in [0.29, 0.717) is 41.9 Å². The number of benzene rings is 1. The number of aromatic nitrogens is 1. The minimum atomic E-state index is 0.0144. The molecule has 0 spiro atoms. The maximum atomic E-state index is 14.0. The summed E-state index contributed by atoms with van der Waals surface area (Å²) in [5.74, 6) is 1.72. The second-order valence-corrected chi connectivity index (χ2v) is 13.1. The van der Waals surface area contributed by atoms with Crippen LogP contribution in [0.25, 0.3) is 0 Å². The van der Waals surface area contributed by atoms with Crippen molar-refractivity contribution in [1.82, 2.24) is 10.1 Å². The van der Waals surface area contributed by atoms with Crippen molar-refractivity contribution in [2.45, 2.75) is 104 Å². The van der Waals surface area contributed by atoms with Gasteiger partial charge in [-0.05, 0) is 104 Å². The fourth-order valence-corrected chi connectivity index (χ4v) is 6.45. The molecule has 0 aliphatic heterocycles. The summed E-state index contributed by atoms with van der Waals surface area (Å²) in [6.07, 6.45) is 6.65. The van der Waals surface area contributed by atoms with E-state index in [1.165, 1.54) is 35.1 Å². The van der Waals surface area contributed by atoms with Crippen molar-refractivity contribution in [1.29, 1.82) is 0 Å². The molecule has 2 aliphatic carbocycles. The molecule has 0 bridgehead atoms. The number of guanidine groups is 1. The Kier molecular flexibility index (Phi) is 7.96. The normalized spacial score (nSPS) is 22.0. The molecule has 0 saturated heterocycles. The smallest absolute Gasteiger partial charge is 0.259 e. The molecule has 7 heteroatoms. The third-order valence-electron chi connectivity index (χ3n) is 9.18. The van der Waals surface area contributed by atoms with Crippen LogP contribution in [0, 0.1) is 32.6 Å². The molecule has 0 atom stereocenters. The number of amides is 1. The molecule has 1 aromatic carbocycles. The van der Waals surface area contributed by atoms with Crippen molar-refractivity contribution in [3.63, 3.8) is 0 Å². The quantitative estimate of drug-likeness (QED) is 0.360. The summed E-state index contributed by atoms with van der Waals surface area (Å²) in [5.41, 5.74) is 18.0. The van der Waals surface area contributed by atoms with Crippen LogP contribution >= 0.6 is 0 Å². The Morgan fingerprint density at radius 2 is 1.58 bits per heavy atom. The fraction of sp³-hybridized carbons (Fsp3) is 0.645. The molecule has 7 nitrogen and oxygen atoms in total. The summed E-state index contributed by atoms with van der Waals surface area (Å²) < 4.78 is 5.39. The molecule has 2 aromatic rings. The summed E-state index contributed by atoms with van der Waals surface area (Å²) in [7, 11) is 0. The number of rotatable bonds is 7. The number of hydrogen-bond acceptors (Lipinski definition) is 4. The molecule has 1 aromatic heterocycles. The third-order valence-corrected chi connectivity index (χ3v) is 9.18. The number of aliphatic imine (C=N–C) groups is 1. The van der Waals surface area contributed by atoms with E-state index in [0.717, 1.165) is 32.2 Å². The highest BCUT2D eigenvalue weighted by Crippen LogP contribution is 2.46. The molecule has 1 amide bonds. The minimum Gasteiger partial charge on any atom is -0.370 e. The van der Waals surface area contributed by atoms with Crippen molar-refractivity contribution in [3.8, 4) is 0 Å². The van der Waals surface area contributed by atoms with Crippen LogP contribution < -0.4 is 11.5 Å². The van der Waals surface area contributed by atoms with Crippen LogP contribution in [0.15, 0.2) is 21.6 Å². The van der Waals surface area contributed by atoms with E-state index in [2.05, 4.69) is 56.9 Å². The van der Waals surface area contributed by atoms with Gasteiger partial charge in [0.25, 0.3) is 5.91 Å². The predicted molar refractivity (Wildman–Crippen MR) is 153 cm³/mol. The van der Waals surface area contributed by atoms with Crippen LogP contribution in [0.2, 0.25) is 0 Å². The van der Waals surface area contributed by atoms with Gasteiger partial charge in [0.05, 0.1) is 5.69 Å². The van der Waals surface area contributed by atoms with E-state index in [9.17, 15) is 4.79 Å². The maximum Gasteiger partial charge on any atom is 0.259 e. The Labute approximate surface area is 228 Å². The number of nitrogens with zero attached hydrogens (tertiary/aromatic N) is 3. The zero-order chi connectivity index (χ0) is 27.8. The molecule has 2 aliphatic rings. The van der Waals surface area contributed by atoms with Gasteiger partial charge in [0.1, 0.15) is 11.3 Å². The molecule has 1 heterocycles. The molecule has 0 radical (unpaired) electrons. The largest absolute Gasteiger partial charge is 0.370 e. The number of nitrogens with two attached hydrogens (primary N) is 2. The van der Waals surface area contributed by atoms with E-state index in [1.807, 2.05) is 18.7 Å². The average Bonchev–Trinajstić information content (AvgIpc) is 3.19. The topological polar surface area (TPSA) is 111 Å². The highest BCUT2D eigenvalue weighted by molar-refractivity contribution is 5.96. The van der Waals surface area contributed by atoms with E-state index >= 15 is 0 Å². The zero-order valence-electron chi connectivity index (χ0n) is 24.5. The van der Waals surface area contributed by atoms with Crippen LogP contribution in [0.5, 0.6) is 0 Å². The lowest BCUT2D eigenvalue weighted by molar-refractivity contribution is 0.0688. The van der Waals surface area contributed by atoms with E-state index in [4.69, 9.17) is 16.0 Å². The van der Waals surface area contributed by atoms with Crippen LogP contribution in [-0.4, -0.2) is 35.0 Å². The highest BCUT2D eigenvalue weighted by atomic mass is 16.5. The molecule has 0 unspecified atom stereocenters. The van der Waals surface area contributed by atoms with Gasteiger partial charge in [-0.15, -0.1) is 0 Å². The monoisotopic (exact) mass is 521 g/mol. The molecule has 38 heavy (non-hydrogen) atoms. The highest BCUT2D eigenvalue weighted by Gasteiger charge is 2.38. The molecule has 1 fully saturated rings. The lowest BCUT2D eigenvalue weighted by Crippen LogP contribution is -2.38. The standard InChI is InChI=1S/C31H47N5O2/c1-19-14-25-26(31(6,7)13-12-30(25,4)5)15-24(19)18-36(28(37)27-20(2)35-38-21(27)3)17-23-10-8-22(9-11-23)16-34-29(32)33/h14-15,22-23H,8-13,16-18H2,1-7H3,(H4,32,33,34). The zero-order valence-corrected chi connectivity index (χ0v) is 24.5. The summed E-state index contributed by atoms with van der Waals surface area (Å²) in [6, 6.07) is 4.78. The summed E-state index contributed by atoms with van der Waals surface area (Å²) in [5, 5.41) is 4.07. The lowest BCUT2D eigenvalue weighted by atomic mass is 9.62. The van der Waals surface area contributed by atoms with Gasteiger partial charge in [-0.25, -0.2) is 0 Å². The fourth-order valence-electron chi connectivity index (χ4n) is 6.45. The predicted octanol–water partition coefficient (Wildman–Crippen LogP) is 5.67. The van der Waals surface area contributed by atoms with Crippen LogP contribution in [0.4, 0.5) is 0 Å². The maximum absolute atomic E-state index is 14.0. The first-order valence-corrected chi connectivity index (χ1v) is 14.2. The Hall–Kier alpha value is -2.83. The van der Waals surface area contributed by atoms with Crippen molar-refractivity contribution in [2.24, 2.45) is 28.3 Å². The van der Waals surface area contributed by atoms with Crippen LogP contribution in [-0.2, 0) is 17.4 Å². The van der Waals surface area contributed by atoms with Crippen LogP contribution in [0.3, 0.4) is 0 Å². The van der Waals surface area contributed by atoms with Gasteiger partial charge >= 0.3 is 0 Å². The second kappa shape index (κ2) is 10.7. The first-order chi connectivity index (χ1) is 17.8. The Morgan fingerprint density at radius 3 is 2.13 bits per heavy atom. The average molecular weight is 522 g/mol. The summed E-state index contributed by atoms with van der Waals surface area (Å²) >= 11 is 0. The summed E-state index contributed by atoms with van der Waals surface area (Å²) in [6.45, 7) is 17.3. The first kappa shape index (κ1) is 28.2. The van der Waals surface area contributed by atoms with E-state index < -0.39 is 0 Å². The Morgan fingerprint density at radius 1 is 1.00 bits per heavy atom. The van der Waals surface area contributed by atoms with Crippen molar-refractivity contribution < 1.29 is 9.32 Å². The SMILES string of the molecule is Cc1cc2c(cc1CN(CC1CCC(CN=C(N)N)CC1)C(=O)c1c(C)noc1C)C(C)(C)CCC2(C)C. The second-order valence-electron chi connectivity index (χ2n) is 13.1. The number of hydrogen-bond donors (Lipinski definition) is 2. The van der Waals surface area contributed by atoms with Crippen LogP contribution in [0.1, 0.15) is 110 Å².